The SMILES string of the molecule is CC(C)c1c[nH]c2ccc(C3NCCN(CCN(C)C)C3=O)nc12. The van der Waals surface area contributed by atoms with Crippen LogP contribution in [-0.2, 0) is 4.79 Å². The number of hydrogen-bond donors (Lipinski definition) is 2. The highest BCUT2D eigenvalue weighted by Crippen LogP contribution is 2.26. The van der Waals surface area contributed by atoms with E-state index < -0.39 is 0 Å². The Labute approximate surface area is 143 Å². The number of fused-ring (bicyclic) bond motifs is 1. The fraction of sp³-hybridized carbons (Fsp3) is 0.556. The van der Waals surface area contributed by atoms with Crippen LogP contribution in [0.3, 0.4) is 0 Å². The van der Waals surface area contributed by atoms with Gasteiger partial charge in [-0.05, 0) is 37.7 Å². The molecule has 0 bridgehead atoms. The Bertz CT molecular complexity index is 721. The lowest BCUT2D eigenvalue weighted by atomic mass is 10.0. The van der Waals surface area contributed by atoms with Crippen molar-refractivity contribution in [1.29, 1.82) is 0 Å². The summed E-state index contributed by atoms with van der Waals surface area (Å²) in [6, 6.07) is 3.63. The number of carbonyl (C=O) groups is 1. The summed E-state index contributed by atoms with van der Waals surface area (Å²) >= 11 is 0. The number of H-pyrrole nitrogens is 1. The maximum Gasteiger partial charge on any atom is 0.246 e. The van der Waals surface area contributed by atoms with Crippen LogP contribution in [0.5, 0.6) is 0 Å². The molecule has 24 heavy (non-hydrogen) atoms. The molecule has 0 aliphatic carbocycles. The van der Waals surface area contributed by atoms with Gasteiger partial charge in [-0.2, -0.15) is 0 Å². The molecule has 0 radical (unpaired) electrons. The lowest BCUT2D eigenvalue weighted by molar-refractivity contribution is -0.136. The van der Waals surface area contributed by atoms with Gasteiger partial charge in [-0.1, -0.05) is 13.8 Å². The summed E-state index contributed by atoms with van der Waals surface area (Å²) < 4.78 is 0. The van der Waals surface area contributed by atoms with Gasteiger partial charge in [0.1, 0.15) is 6.04 Å². The van der Waals surface area contributed by atoms with E-state index in [-0.39, 0.29) is 11.9 Å². The molecule has 6 heteroatoms. The summed E-state index contributed by atoms with van der Waals surface area (Å²) in [5.41, 5.74) is 4.00. The molecule has 6 nitrogen and oxygen atoms in total. The predicted molar refractivity (Wildman–Crippen MR) is 96.1 cm³/mol. The van der Waals surface area contributed by atoms with Crippen molar-refractivity contribution in [2.24, 2.45) is 0 Å². The van der Waals surface area contributed by atoms with Crippen molar-refractivity contribution >= 4 is 16.9 Å². The molecular weight excluding hydrogens is 302 g/mol. The molecule has 0 spiro atoms. The molecule has 2 aromatic rings. The van der Waals surface area contributed by atoms with Gasteiger partial charge < -0.3 is 14.8 Å². The summed E-state index contributed by atoms with van der Waals surface area (Å²) in [4.78, 5) is 24.9. The molecule has 1 atom stereocenters. The molecule has 1 saturated heterocycles. The number of rotatable bonds is 5. The Hall–Kier alpha value is -1.92. The van der Waals surface area contributed by atoms with E-state index in [0.29, 0.717) is 5.92 Å². The third kappa shape index (κ3) is 3.30. The number of likely N-dealkylation sites (N-methyl/N-ethyl adjacent to an activating group) is 1. The Balaban J connectivity index is 1.85. The second-order valence-corrected chi connectivity index (χ2v) is 7.05. The molecule has 0 saturated carbocycles. The van der Waals surface area contributed by atoms with Gasteiger partial charge >= 0.3 is 0 Å². The highest BCUT2D eigenvalue weighted by Gasteiger charge is 2.30. The number of nitrogens with zero attached hydrogens (tertiary/aromatic N) is 3. The number of hydrogen-bond acceptors (Lipinski definition) is 4. The fourth-order valence-corrected chi connectivity index (χ4v) is 3.13. The summed E-state index contributed by atoms with van der Waals surface area (Å²) in [5, 5.41) is 3.33. The van der Waals surface area contributed by atoms with Crippen molar-refractivity contribution in [3.05, 3.63) is 29.6 Å². The van der Waals surface area contributed by atoms with Crippen molar-refractivity contribution in [3.8, 4) is 0 Å². The lowest BCUT2D eigenvalue weighted by Gasteiger charge is -2.33. The van der Waals surface area contributed by atoms with E-state index in [2.05, 4.69) is 29.0 Å². The highest BCUT2D eigenvalue weighted by molar-refractivity contribution is 5.85. The lowest BCUT2D eigenvalue weighted by Crippen LogP contribution is -2.51. The molecule has 130 valence electrons. The van der Waals surface area contributed by atoms with Crippen LogP contribution in [0.4, 0.5) is 0 Å². The summed E-state index contributed by atoms with van der Waals surface area (Å²) in [6.45, 7) is 7.50. The van der Waals surface area contributed by atoms with Crippen molar-refractivity contribution in [3.63, 3.8) is 0 Å². The number of pyridine rings is 1. The van der Waals surface area contributed by atoms with E-state index in [4.69, 9.17) is 4.98 Å². The Kier molecular flexibility index (Phi) is 4.87. The van der Waals surface area contributed by atoms with Crippen molar-refractivity contribution in [2.75, 3.05) is 40.3 Å². The van der Waals surface area contributed by atoms with Crippen LogP contribution in [0.15, 0.2) is 18.3 Å². The zero-order chi connectivity index (χ0) is 17.3. The molecule has 3 heterocycles. The second kappa shape index (κ2) is 6.91. The molecule has 1 amide bonds. The van der Waals surface area contributed by atoms with Gasteiger partial charge in [0, 0.05) is 32.4 Å². The highest BCUT2D eigenvalue weighted by atomic mass is 16.2. The average molecular weight is 329 g/mol. The van der Waals surface area contributed by atoms with Gasteiger partial charge in [0.25, 0.3) is 0 Å². The van der Waals surface area contributed by atoms with Crippen molar-refractivity contribution in [2.45, 2.75) is 25.8 Å². The van der Waals surface area contributed by atoms with Gasteiger partial charge in [0.15, 0.2) is 0 Å². The van der Waals surface area contributed by atoms with Gasteiger partial charge in [0.05, 0.1) is 16.7 Å². The van der Waals surface area contributed by atoms with Crippen molar-refractivity contribution < 1.29 is 4.79 Å². The third-order valence-electron chi connectivity index (χ3n) is 4.60. The van der Waals surface area contributed by atoms with E-state index >= 15 is 0 Å². The molecule has 1 aliphatic heterocycles. The first kappa shape index (κ1) is 16.9. The molecule has 1 aliphatic rings. The quantitative estimate of drug-likeness (QED) is 0.877. The van der Waals surface area contributed by atoms with Crippen LogP contribution in [-0.4, -0.2) is 65.9 Å². The standard InChI is InChI=1S/C18H27N5O/c1-12(2)13-11-20-14-5-6-15(21-16(13)14)17-18(24)23(8-7-19-17)10-9-22(3)4/h5-6,11-12,17,19-20H,7-10H2,1-4H3. The predicted octanol–water partition coefficient (Wildman–Crippen LogP) is 1.72. The van der Waals surface area contributed by atoms with Gasteiger partial charge in [-0.15, -0.1) is 0 Å². The monoisotopic (exact) mass is 329 g/mol. The third-order valence-corrected chi connectivity index (χ3v) is 4.60. The average Bonchev–Trinajstić information content (AvgIpc) is 2.97. The normalized spacial score (nSPS) is 19.0. The molecule has 2 aromatic heterocycles. The second-order valence-electron chi connectivity index (χ2n) is 7.05. The number of aromatic nitrogens is 2. The zero-order valence-corrected chi connectivity index (χ0v) is 15.0. The fourth-order valence-electron chi connectivity index (χ4n) is 3.13. The number of nitrogens with one attached hydrogen (secondary N) is 2. The molecule has 2 N–H and O–H groups in total. The van der Waals surface area contributed by atoms with Gasteiger partial charge in [-0.3, -0.25) is 10.1 Å². The number of piperazine rings is 1. The first-order valence-corrected chi connectivity index (χ1v) is 8.62. The summed E-state index contributed by atoms with van der Waals surface area (Å²) in [7, 11) is 4.05. The minimum atomic E-state index is -0.347. The largest absolute Gasteiger partial charge is 0.360 e. The number of amides is 1. The summed E-state index contributed by atoms with van der Waals surface area (Å²) in [6.07, 6.45) is 2.02. The zero-order valence-electron chi connectivity index (χ0n) is 15.0. The van der Waals surface area contributed by atoms with E-state index in [9.17, 15) is 4.79 Å². The smallest absolute Gasteiger partial charge is 0.246 e. The van der Waals surface area contributed by atoms with Gasteiger partial charge in [-0.25, -0.2) is 4.98 Å². The summed E-state index contributed by atoms with van der Waals surface area (Å²) in [5.74, 6) is 0.518. The molecule has 3 rings (SSSR count). The minimum Gasteiger partial charge on any atom is -0.360 e. The first-order chi connectivity index (χ1) is 11.5. The van der Waals surface area contributed by atoms with Crippen molar-refractivity contribution in [1.82, 2.24) is 25.1 Å². The van der Waals surface area contributed by atoms with Crippen LogP contribution in [0.2, 0.25) is 0 Å². The topological polar surface area (TPSA) is 64.3 Å². The Morgan fingerprint density at radius 2 is 2.17 bits per heavy atom. The van der Waals surface area contributed by atoms with Crippen LogP contribution in [0.25, 0.3) is 11.0 Å². The van der Waals surface area contributed by atoms with Crippen LogP contribution < -0.4 is 5.32 Å². The Morgan fingerprint density at radius 1 is 1.38 bits per heavy atom. The minimum absolute atomic E-state index is 0.122. The van der Waals surface area contributed by atoms with Gasteiger partial charge in [0.2, 0.25) is 5.91 Å². The number of aromatic amines is 1. The number of carbonyl (C=O) groups excluding carboxylic acids is 1. The van der Waals surface area contributed by atoms with E-state index in [1.807, 2.05) is 37.3 Å². The van der Waals surface area contributed by atoms with Crippen LogP contribution in [0.1, 0.15) is 37.1 Å². The van der Waals surface area contributed by atoms with E-state index in [0.717, 1.165) is 42.9 Å². The van der Waals surface area contributed by atoms with Crippen LogP contribution in [0, 0.1) is 0 Å². The molecular formula is C18H27N5O. The molecule has 0 aromatic carbocycles. The Morgan fingerprint density at radius 3 is 2.88 bits per heavy atom. The maximum absolute atomic E-state index is 12.8. The molecule has 1 fully saturated rings. The maximum atomic E-state index is 12.8. The molecule has 1 unspecified atom stereocenters. The van der Waals surface area contributed by atoms with Crippen LogP contribution >= 0.6 is 0 Å². The van der Waals surface area contributed by atoms with E-state index in [1.165, 1.54) is 5.56 Å². The van der Waals surface area contributed by atoms with E-state index in [1.54, 1.807) is 0 Å². The first-order valence-electron chi connectivity index (χ1n) is 8.62.